The highest BCUT2D eigenvalue weighted by Gasteiger charge is 2.24. The lowest BCUT2D eigenvalue weighted by Crippen LogP contribution is -2.44. The lowest BCUT2D eigenvalue weighted by Gasteiger charge is -2.31. The molecule has 0 saturated heterocycles. The molecule has 0 radical (unpaired) electrons. The first-order chi connectivity index (χ1) is 8.02. The smallest absolute Gasteiger partial charge is 0.0750 e. The minimum absolute atomic E-state index is 0.352. The van der Waals surface area contributed by atoms with Gasteiger partial charge in [0.25, 0.3) is 0 Å². The molecule has 0 amide bonds. The molecule has 0 aliphatic rings. The maximum Gasteiger partial charge on any atom is 0.0750 e. The Kier molecular flexibility index (Phi) is 9.85. The molecule has 0 aromatic carbocycles. The van der Waals surface area contributed by atoms with E-state index in [4.69, 9.17) is 4.74 Å². The van der Waals surface area contributed by atoms with Gasteiger partial charge in [-0.1, -0.05) is 34.6 Å². The second-order valence-electron chi connectivity index (χ2n) is 5.70. The Morgan fingerprint density at radius 2 is 1.65 bits per heavy atom. The third-order valence-corrected chi connectivity index (χ3v) is 3.12. The van der Waals surface area contributed by atoms with Crippen molar-refractivity contribution in [1.82, 2.24) is 5.32 Å². The van der Waals surface area contributed by atoms with Crippen molar-refractivity contribution in [1.29, 1.82) is 0 Å². The van der Waals surface area contributed by atoms with Gasteiger partial charge in [-0.2, -0.15) is 0 Å². The fourth-order valence-electron chi connectivity index (χ4n) is 2.19. The van der Waals surface area contributed by atoms with Gasteiger partial charge in [-0.05, 0) is 44.6 Å². The summed E-state index contributed by atoms with van der Waals surface area (Å²) in [6.45, 7) is 15.3. The third-order valence-electron chi connectivity index (χ3n) is 3.12. The molecular weight excluding hydrogens is 210 g/mol. The molecule has 2 nitrogen and oxygen atoms in total. The number of nitrogens with one attached hydrogen (secondary N) is 1. The summed E-state index contributed by atoms with van der Waals surface area (Å²) in [7, 11) is 0. The summed E-state index contributed by atoms with van der Waals surface area (Å²) >= 11 is 0. The molecule has 104 valence electrons. The average Bonchev–Trinajstić information content (AvgIpc) is 2.26. The summed E-state index contributed by atoms with van der Waals surface area (Å²) in [5.74, 6) is 1.35. The lowest BCUT2D eigenvalue weighted by molar-refractivity contribution is 0.000381. The van der Waals surface area contributed by atoms with Crippen LogP contribution in [0.2, 0.25) is 0 Å². The zero-order chi connectivity index (χ0) is 13.3. The van der Waals surface area contributed by atoms with Gasteiger partial charge >= 0.3 is 0 Å². The highest BCUT2D eigenvalue weighted by atomic mass is 16.5. The van der Waals surface area contributed by atoms with Crippen molar-refractivity contribution >= 4 is 0 Å². The Bertz CT molecular complexity index is 168. The maximum absolute atomic E-state index is 5.93. The average molecular weight is 243 g/mol. The molecule has 0 aromatic heterocycles. The van der Waals surface area contributed by atoms with E-state index in [0.717, 1.165) is 19.1 Å². The first-order valence-corrected chi connectivity index (χ1v) is 7.37. The van der Waals surface area contributed by atoms with Gasteiger partial charge < -0.3 is 10.1 Å². The Morgan fingerprint density at radius 1 is 1.00 bits per heavy atom. The fourth-order valence-corrected chi connectivity index (χ4v) is 2.19. The normalized spacial score (nSPS) is 15.5. The molecule has 0 rings (SSSR count). The Labute approximate surface area is 109 Å². The Hall–Kier alpha value is -0.0800. The molecule has 0 aliphatic heterocycles. The van der Waals surface area contributed by atoms with Crippen LogP contribution in [0.15, 0.2) is 0 Å². The number of hydrogen-bond donors (Lipinski definition) is 1. The van der Waals surface area contributed by atoms with Crippen molar-refractivity contribution in [2.45, 2.75) is 73.0 Å². The van der Waals surface area contributed by atoms with Gasteiger partial charge in [0.15, 0.2) is 0 Å². The van der Waals surface area contributed by atoms with Gasteiger partial charge in [0.1, 0.15) is 0 Å². The summed E-state index contributed by atoms with van der Waals surface area (Å²) in [6, 6.07) is 0.511. The summed E-state index contributed by atoms with van der Waals surface area (Å²) in [5.41, 5.74) is 0. The number of rotatable bonds is 10. The molecular formula is C15H33NO. The quantitative estimate of drug-likeness (QED) is 0.629. The third kappa shape index (κ3) is 7.77. The van der Waals surface area contributed by atoms with E-state index in [1.54, 1.807) is 0 Å². The van der Waals surface area contributed by atoms with Crippen LogP contribution in [0, 0.1) is 11.8 Å². The minimum Gasteiger partial charge on any atom is -0.377 e. The molecule has 2 heteroatoms. The second kappa shape index (κ2) is 9.90. The van der Waals surface area contributed by atoms with Crippen LogP contribution < -0.4 is 5.32 Å². The fraction of sp³-hybridized carbons (Fsp3) is 1.00. The van der Waals surface area contributed by atoms with Crippen molar-refractivity contribution in [3.05, 3.63) is 0 Å². The van der Waals surface area contributed by atoms with E-state index in [-0.39, 0.29) is 0 Å². The van der Waals surface area contributed by atoms with E-state index in [1.165, 1.54) is 19.3 Å². The van der Waals surface area contributed by atoms with Gasteiger partial charge in [0.05, 0.1) is 6.10 Å². The zero-order valence-electron chi connectivity index (χ0n) is 12.8. The van der Waals surface area contributed by atoms with Gasteiger partial charge in [0, 0.05) is 12.6 Å². The van der Waals surface area contributed by atoms with E-state index in [2.05, 4.69) is 46.9 Å². The predicted octanol–water partition coefficient (Wildman–Crippen LogP) is 3.85. The van der Waals surface area contributed by atoms with Crippen LogP contribution in [0.1, 0.15) is 60.8 Å². The van der Waals surface area contributed by atoms with E-state index >= 15 is 0 Å². The molecule has 17 heavy (non-hydrogen) atoms. The van der Waals surface area contributed by atoms with Crippen molar-refractivity contribution in [3.8, 4) is 0 Å². The largest absolute Gasteiger partial charge is 0.377 e. The van der Waals surface area contributed by atoms with Crippen LogP contribution in [0.25, 0.3) is 0 Å². The van der Waals surface area contributed by atoms with E-state index < -0.39 is 0 Å². The van der Waals surface area contributed by atoms with Gasteiger partial charge in [-0.15, -0.1) is 0 Å². The minimum atomic E-state index is 0.352. The summed E-state index contributed by atoms with van der Waals surface area (Å²) < 4.78 is 5.93. The van der Waals surface area contributed by atoms with Crippen LogP contribution in [-0.4, -0.2) is 25.3 Å². The standard InChI is InChI=1S/C15H33NO/c1-7-11-16-14(10-9-12(3)4)15(13(5)6)17-8-2/h12-16H,7-11H2,1-6H3. The Balaban J connectivity index is 4.37. The lowest BCUT2D eigenvalue weighted by atomic mass is 9.93. The molecule has 0 aliphatic carbocycles. The topological polar surface area (TPSA) is 21.3 Å². The van der Waals surface area contributed by atoms with Gasteiger partial charge in [-0.3, -0.25) is 0 Å². The highest BCUT2D eigenvalue weighted by molar-refractivity contribution is 4.80. The van der Waals surface area contributed by atoms with Crippen LogP contribution in [-0.2, 0) is 4.74 Å². The Morgan fingerprint density at radius 3 is 2.06 bits per heavy atom. The molecule has 2 atom stereocenters. The molecule has 2 unspecified atom stereocenters. The molecule has 0 heterocycles. The van der Waals surface area contributed by atoms with Gasteiger partial charge in [-0.25, -0.2) is 0 Å². The van der Waals surface area contributed by atoms with E-state index in [1.807, 2.05) is 0 Å². The second-order valence-corrected chi connectivity index (χ2v) is 5.70. The molecule has 0 fully saturated rings. The molecule has 0 bridgehead atoms. The van der Waals surface area contributed by atoms with Crippen LogP contribution in [0.3, 0.4) is 0 Å². The van der Waals surface area contributed by atoms with E-state index in [0.29, 0.717) is 18.1 Å². The molecule has 0 spiro atoms. The van der Waals surface area contributed by atoms with Crippen molar-refractivity contribution in [2.24, 2.45) is 11.8 Å². The number of ether oxygens (including phenoxy) is 1. The molecule has 0 aromatic rings. The molecule has 1 N–H and O–H groups in total. The molecule has 0 saturated carbocycles. The SMILES string of the molecule is CCCNC(CCC(C)C)C(OCC)C(C)C. The van der Waals surface area contributed by atoms with Crippen molar-refractivity contribution in [3.63, 3.8) is 0 Å². The van der Waals surface area contributed by atoms with Crippen LogP contribution in [0.4, 0.5) is 0 Å². The maximum atomic E-state index is 5.93. The summed E-state index contributed by atoms with van der Waals surface area (Å²) in [5, 5.41) is 3.67. The summed E-state index contributed by atoms with van der Waals surface area (Å²) in [6.07, 6.45) is 4.04. The first kappa shape index (κ1) is 16.9. The predicted molar refractivity (Wildman–Crippen MR) is 76.4 cm³/mol. The van der Waals surface area contributed by atoms with Crippen molar-refractivity contribution in [2.75, 3.05) is 13.2 Å². The zero-order valence-corrected chi connectivity index (χ0v) is 12.8. The first-order valence-electron chi connectivity index (χ1n) is 7.37. The van der Waals surface area contributed by atoms with Crippen LogP contribution in [0.5, 0.6) is 0 Å². The van der Waals surface area contributed by atoms with Crippen LogP contribution >= 0.6 is 0 Å². The summed E-state index contributed by atoms with van der Waals surface area (Å²) in [4.78, 5) is 0. The van der Waals surface area contributed by atoms with E-state index in [9.17, 15) is 0 Å². The van der Waals surface area contributed by atoms with Crippen molar-refractivity contribution < 1.29 is 4.74 Å². The van der Waals surface area contributed by atoms with Gasteiger partial charge in [0.2, 0.25) is 0 Å². The monoisotopic (exact) mass is 243 g/mol. The highest BCUT2D eigenvalue weighted by Crippen LogP contribution is 2.17. The number of hydrogen-bond acceptors (Lipinski definition) is 2.